The van der Waals surface area contributed by atoms with Gasteiger partial charge in [-0.3, -0.25) is 9.80 Å². The lowest BCUT2D eigenvalue weighted by Gasteiger charge is -2.39. The zero-order valence-electron chi connectivity index (χ0n) is 17.8. The van der Waals surface area contributed by atoms with E-state index >= 15 is 0 Å². The van der Waals surface area contributed by atoms with Gasteiger partial charge in [-0.15, -0.1) is 5.10 Å². The highest BCUT2D eigenvalue weighted by molar-refractivity contribution is 5.14. The number of piperazine rings is 1. The molecule has 158 valence electrons. The molecule has 2 fully saturated rings. The van der Waals surface area contributed by atoms with E-state index in [0.717, 1.165) is 71.0 Å². The summed E-state index contributed by atoms with van der Waals surface area (Å²) < 4.78 is 7.82. The maximum atomic E-state index is 5.82. The Morgan fingerprint density at radius 2 is 1.90 bits per heavy atom. The topological polar surface area (TPSA) is 59.3 Å². The third-order valence-corrected chi connectivity index (χ3v) is 6.05. The van der Waals surface area contributed by atoms with Gasteiger partial charge < -0.3 is 4.74 Å². The van der Waals surface area contributed by atoms with Crippen molar-refractivity contribution in [1.82, 2.24) is 30.0 Å². The monoisotopic (exact) mass is 398 g/mol. The maximum absolute atomic E-state index is 5.82. The van der Waals surface area contributed by atoms with Gasteiger partial charge in [0.1, 0.15) is 0 Å². The molecule has 0 spiro atoms. The first kappa shape index (κ1) is 20.4. The van der Waals surface area contributed by atoms with Gasteiger partial charge >= 0.3 is 0 Å². The summed E-state index contributed by atoms with van der Waals surface area (Å²) in [6, 6.07) is 11.0. The highest BCUT2D eigenvalue weighted by Crippen LogP contribution is 2.28. The Bertz CT molecular complexity index is 735. The van der Waals surface area contributed by atoms with E-state index in [1.54, 1.807) is 0 Å². The zero-order valence-corrected chi connectivity index (χ0v) is 17.8. The molecule has 0 aliphatic carbocycles. The lowest BCUT2D eigenvalue weighted by atomic mass is 10.0. The minimum absolute atomic E-state index is 0.250. The Balaban J connectivity index is 1.41. The fraction of sp³-hybridized carbons (Fsp3) is 0.682. The molecule has 1 aromatic carbocycles. The van der Waals surface area contributed by atoms with Crippen LogP contribution in [0.15, 0.2) is 30.3 Å². The highest BCUT2D eigenvalue weighted by Gasteiger charge is 2.30. The van der Waals surface area contributed by atoms with Crippen molar-refractivity contribution in [3.63, 3.8) is 0 Å². The van der Waals surface area contributed by atoms with E-state index in [2.05, 4.69) is 69.5 Å². The van der Waals surface area contributed by atoms with E-state index in [1.807, 2.05) is 4.68 Å². The minimum Gasteiger partial charge on any atom is -0.376 e. The first-order valence-corrected chi connectivity index (χ1v) is 11.1. The van der Waals surface area contributed by atoms with Crippen LogP contribution in [0.3, 0.4) is 0 Å². The van der Waals surface area contributed by atoms with Crippen LogP contribution in [0.4, 0.5) is 0 Å². The molecule has 1 aromatic heterocycles. The molecule has 2 saturated heterocycles. The second-order valence-electron chi connectivity index (χ2n) is 8.80. The summed E-state index contributed by atoms with van der Waals surface area (Å²) in [5.74, 6) is 1.60. The van der Waals surface area contributed by atoms with Crippen LogP contribution in [0.25, 0.3) is 0 Å². The number of hydrogen-bond donors (Lipinski definition) is 0. The van der Waals surface area contributed by atoms with Gasteiger partial charge in [0, 0.05) is 39.3 Å². The van der Waals surface area contributed by atoms with E-state index in [-0.39, 0.29) is 12.1 Å². The summed E-state index contributed by atoms with van der Waals surface area (Å²) >= 11 is 0. The molecule has 2 aromatic rings. The van der Waals surface area contributed by atoms with Gasteiger partial charge in [-0.05, 0) is 41.2 Å². The van der Waals surface area contributed by atoms with Crippen molar-refractivity contribution in [2.24, 2.45) is 5.92 Å². The molecule has 0 unspecified atom stereocenters. The molecule has 0 bridgehead atoms. The summed E-state index contributed by atoms with van der Waals surface area (Å²) in [5.41, 5.74) is 1.39. The van der Waals surface area contributed by atoms with Crippen LogP contribution in [-0.2, 0) is 17.8 Å². The number of nitrogens with zero attached hydrogens (tertiary/aromatic N) is 6. The van der Waals surface area contributed by atoms with E-state index in [4.69, 9.17) is 4.74 Å². The molecule has 3 heterocycles. The molecule has 2 aliphatic heterocycles. The SMILES string of the molecule is CC(C)C[C@@H](c1nnnn1C[C@H]1CCCO1)N1CCN(Cc2ccccc2)CC1. The van der Waals surface area contributed by atoms with Crippen molar-refractivity contribution in [2.45, 2.75) is 58.3 Å². The van der Waals surface area contributed by atoms with Crippen LogP contribution in [0, 0.1) is 5.92 Å². The summed E-state index contributed by atoms with van der Waals surface area (Å²) in [7, 11) is 0. The predicted molar refractivity (Wildman–Crippen MR) is 112 cm³/mol. The van der Waals surface area contributed by atoms with Crippen molar-refractivity contribution in [3.8, 4) is 0 Å². The van der Waals surface area contributed by atoms with Gasteiger partial charge in [0.25, 0.3) is 0 Å². The number of hydrogen-bond acceptors (Lipinski definition) is 6. The molecule has 4 rings (SSSR count). The standard InChI is InChI=1S/C22H34N6O/c1-18(2)15-21(22-23-24-25-28(22)17-20-9-6-14-29-20)27-12-10-26(11-13-27)16-19-7-4-3-5-8-19/h3-5,7-8,18,20-21H,6,9-17H2,1-2H3/t20-,21+/m1/s1. The minimum atomic E-state index is 0.250. The number of tetrazole rings is 1. The van der Waals surface area contributed by atoms with Crippen molar-refractivity contribution < 1.29 is 4.74 Å². The van der Waals surface area contributed by atoms with E-state index in [0.29, 0.717) is 5.92 Å². The number of ether oxygens (including phenoxy) is 1. The quantitative estimate of drug-likeness (QED) is 0.681. The molecule has 0 saturated carbocycles. The van der Waals surface area contributed by atoms with Crippen LogP contribution in [0.2, 0.25) is 0 Å². The van der Waals surface area contributed by atoms with Crippen molar-refractivity contribution >= 4 is 0 Å². The van der Waals surface area contributed by atoms with Crippen molar-refractivity contribution in [3.05, 3.63) is 41.7 Å². The van der Waals surface area contributed by atoms with Gasteiger partial charge in [0.15, 0.2) is 5.82 Å². The fourth-order valence-electron chi connectivity index (χ4n) is 4.50. The van der Waals surface area contributed by atoms with E-state index in [1.165, 1.54) is 5.56 Å². The second-order valence-corrected chi connectivity index (χ2v) is 8.80. The molecule has 0 N–H and O–H groups in total. The Kier molecular flexibility index (Phi) is 6.90. The summed E-state index contributed by atoms with van der Waals surface area (Å²) in [6.45, 7) is 11.5. The molecule has 29 heavy (non-hydrogen) atoms. The van der Waals surface area contributed by atoms with Gasteiger partial charge in [0.05, 0.1) is 18.7 Å². The summed E-state index contributed by atoms with van der Waals surface area (Å²) in [5, 5.41) is 12.8. The first-order chi connectivity index (χ1) is 14.2. The fourth-order valence-corrected chi connectivity index (χ4v) is 4.50. The van der Waals surface area contributed by atoms with E-state index in [9.17, 15) is 0 Å². The molecule has 0 radical (unpaired) electrons. The van der Waals surface area contributed by atoms with Crippen molar-refractivity contribution in [2.75, 3.05) is 32.8 Å². The Hall–Kier alpha value is -1.83. The van der Waals surface area contributed by atoms with Gasteiger partial charge in [-0.25, -0.2) is 4.68 Å². The van der Waals surface area contributed by atoms with Crippen LogP contribution in [0.1, 0.15) is 50.5 Å². The molecule has 7 heteroatoms. The third-order valence-electron chi connectivity index (χ3n) is 6.05. The molecule has 2 atom stereocenters. The van der Waals surface area contributed by atoms with Crippen LogP contribution < -0.4 is 0 Å². The van der Waals surface area contributed by atoms with E-state index < -0.39 is 0 Å². The van der Waals surface area contributed by atoms with Crippen LogP contribution in [0.5, 0.6) is 0 Å². The largest absolute Gasteiger partial charge is 0.376 e. The maximum Gasteiger partial charge on any atom is 0.168 e. The number of aromatic nitrogens is 4. The average molecular weight is 399 g/mol. The highest BCUT2D eigenvalue weighted by atomic mass is 16.5. The van der Waals surface area contributed by atoms with Crippen LogP contribution >= 0.6 is 0 Å². The van der Waals surface area contributed by atoms with Gasteiger partial charge in [-0.2, -0.15) is 0 Å². The normalized spacial score (nSPS) is 22.4. The first-order valence-electron chi connectivity index (χ1n) is 11.1. The summed E-state index contributed by atoms with van der Waals surface area (Å²) in [6.07, 6.45) is 3.57. The van der Waals surface area contributed by atoms with Crippen molar-refractivity contribution in [1.29, 1.82) is 0 Å². The second kappa shape index (κ2) is 9.78. The predicted octanol–water partition coefficient (Wildman–Crippen LogP) is 2.76. The lowest BCUT2D eigenvalue weighted by molar-refractivity contribution is 0.0697. The zero-order chi connectivity index (χ0) is 20.1. The molecular weight excluding hydrogens is 364 g/mol. The number of rotatable bonds is 8. The number of benzene rings is 1. The Morgan fingerprint density at radius 3 is 2.59 bits per heavy atom. The molecular formula is C22H34N6O. The molecule has 2 aliphatic rings. The summed E-state index contributed by atoms with van der Waals surface area (Å²) in [4.78, 5) is 5.13. The van der Waals surface area contributed by atoms with Gasteiger partial charge in [0.2, 0.25) is 0 Å². The lowest BCUT2D eigenvalue weighted by Crippen LogP contribution is -2.48. The van der Waals surface area contributed by atoms with Gasteiger partial charge in [-0.1, -0.05) is 44.2 Å². The Labute approximate surface area is 174 Å². The smallest absolute Gasteiger partial charge is 0.168 e. The molecule has 7 nitrogen and oxygen atoms in total. The van der Waals surface area contributed by atoms with Crippen LogP contribution in [-0.4, -0.2) is 68.9 Å². The average Bonchev–Trinajstić information content (AvgIpc) is 3.40. The molecule has 0 amide bonds. The third kappa shape index (κ3) is 5.41. The Morgan fingerprint density at radius 1 is 1.10 bits per heavy atom.